The Balaban J connectivity index is 0.000000166. The molecule has 0 unspecified atom stereocenters. The van der Waals surface area contributed by atoms with Crippen LogP contribution in [0.4, 0.5) is 46.3 Å². The van der Waals surface area contributed by atoms with E-state index in [0.29, 0.717) is 23.5 Å². The highest BCUT2D eigenvalue weighted by atomic mass is 35.5. The third-order valence-corrected chi connectivity index (χ3v) is 12.3. The van der Waals surface area contributed by atoms with Crippen molar-refractivity contribution in [2.24, 2.45) is 0 Å². The van der Waals surface area contributed by atoms with Crippen LogP contribution in [-0.4, -0.2) is 92.2 Å². The van der Waals surface area contributed by atoms with Crippen LogP contribution in [0.3, 0.4) is 0 Å². The summed E-state index contributed by atoms with van der Waals surface area (Å²) in [6.45, 7) is 14.2. The maximum Gasteiger partial charge on any atom is 0.229 e. The molecule has 6 heterocycles. The number of likely N-dealkylation sites (tertiary alicyclic amines) is 2. The molecular weight excluding hydrogens is 848 g/mol. The van der Waals surface area contributed by atoms with Gasteiger partial charge in [-0.05, 0) is 157 Å². The summed E-state index contributed by atoms with van der Waals surface area (Å²) in [4.78, 5) is 29.7. The Hall–Kier alpha value is -6.87. The van der Waals surface area contributed by atoms with E-state index in [1.54, 1.807) is 6.20 Å². The first-order valence-corrected chi connectivity index (χ1v) is 23.2. The molecule has 0 saturated carbocycles. The van der Waals surface area contributed by atoms with E-state index in [-0.39, 0.29) is 0 Å². The molecule has 0 radical (unpaired) electrons. The number of rotatable bonds is 16. The average molecular weight is 906 g/mol. The number of aromatic nitrogens is 6. The maximum absolute atomic E-state index is 6.28. The Morgan fingerprint density at radius 3 is 1.48 bits per heavy atom. The zero-order valence-corrected chi connectivity index (χ0v) is 38.5. The van der Waals surface area contributed by atoms with Crippen molar-refractivity contribution >= 4 is 79.7 Å². The summed E-state index contributed by atoms with van der Waals surface area (Å²) in [5.74, 6) is 4.32. The van der Waals surface area contributed by atoms with Crippen LogP contribution in [0, 0.1) is 20.8 Å². The molecule has 2 saturated heterocycles. The zero-order chi connectivity index (χ0) is 45.2. The van der Waals surface area contributed by atoms with Gasteiger partial charge in [0.15, 0.2) is 0 Å². The molecule has 14 nitrogen and oxygen atoms in total. The zero-order valence-electron chi connectivity index (χ0n) is 37.8. The standard InChI is InChI=1S/C26H30N6O.C25H27ClN6O/c1-18-5-10-23(22-11-12-27-24(18)22)30-25-19(2)17-28-26(31-25)29-20-6-8-21(9-7-20)33-16-15-32-13-3-4-14-32;1-17-16-28-25(31-24(17)30-22-9-8-21(26)23-20(22)10-11-27-23)29-18-4-6-19(7-5-18)33-15-14-32-12-2-3-13-32/h5-12,17,27H,3-4,13-16H2,1-2H3,(H2,28,29,30,31);4-11,16,27H,2-3,12-15H2,1H3,(H2,28,29,30,31). The molecule has 8 aromatic rings. The topological polar surface area (TPSA) is 156 Å². The summed E-state index contributed by atoms with van der Waals surface area (Å²) in [6, 6.07) is 27.9. The first-order chi connectivity index (χ1) is 32.3. The first-order valence-electron chi connectivity index (χ1n) is 22.8. The van der Waals surface area contributed by atoms with Gasteiger partial charge in [-0.3, -0.25) is 9.80 Å². The van der Waals surface area contributed by atoms with Gasteiger partial charge in [0.05, 0.1) is 16.1 Å². The smallest absolute Gasteiger partial charge is 0.229 e. The van der Waals surface area contributed by atoms with E-state index >= 15 is 0 Å². The van der Waals surface area contributed by atoms with Crippen molar-refractivity contribution < 1.29 is 9.47 Å². The van der Waals surface area contributed by atoms with Gasteiger partial charge in [-0.1, -0.05) is 17.7 Å². The molecule has 0 bridgehead atoms. The number of hydrogen-bond donors (Lipinski definition) is 6. The predicted octanol–water partition coefficient (Wildman–Crippen LogP) is 11.4. The largest absolute Gasteiger partial charge is 0.492 e. The Morgan fingerprint density at radius 1 is 0.530 bits per heavy atom. The van der Waals surface area contributed by atoms with E-state index in [2.05, 4.69) is 81.1 Å². The Morgan fingerprint density at radius 2 is 0.985 bits per heavy atom. The SMILES string of the molecule is Cc1cnc(Nc2ccc(OCCN3CCCC3)cc2)nc1Nc1ccc(C)c2[nH]ccc12.Cc1cnc(Nc2ccc(OCCN3CCCC3)cc2)nc1Nc1ccc(Cl)c2[nH]ccc12. The molecule has 340 valence electrons. The lowest BCUT2D eigenvalue weighted by Gasteiger charge is -2.15. The highest BCUT2D eigenvalue weighted by molar-refractivity contribution is 6.35. The lowest BCUT2D eigenvalue weighted by molar-refractivity contribution is 0.237. The number of halogens is 1. The van der Waals surface area contributed by atoms with Crippen molar-refractivity contribution in [2.45, 2.75) is 46.5 Å². The summed E-state index contributed by atoms with van der Waals surface area (Å²) in [5, 5.41) is 16.3. The summed E-state index contributed by atoms with van der Waals surface area (Å²) in [5.41, 5.74) is 8.93. The molecule has 66 heavy (non-hydrogen) atoms. The van der Waals surface area contributed by atoms with Gasteiger partial charge in [0, 0.05) is 82.5 Å². The van der Waals surface area contributed by atoms with Gasteiger partial charge >= 0.3 is 0 Å². The second kappa shape index (κ2) is 21.0. The average Bonchev–Trinajstić information content (AvgIpc) is 4.19. The number of nitrogens with zero attached hydrogens (tertiary/aromatic N) is 6. The van der Waals surface area contributed by atoms with Crippen molar-refractivity contribution in [3.63, 3.8) is 0 Å². The normalized spacial score (nSPS) is 14.0. The number of ether oxygens (including phenoxy) is 2. The van der Waals surface area contributed by atoms with Crippen molar-refractivity contribution in [2.75, 3.05) is 73.7 Å². The monoisotopic (exact) mass is 904 g/mol. The van der Waals surface area contributed by atoms with Crippen LogP contribution in [0.1, 0.15) is 42.4 Å². The molecule has 0 aliphatic carbocycles. The first kappa shape index (κ1) is 44.3. The van der Waals surface area contributed by atoms with Gasteiger partial charge in [0.25, 0.3) is 0 Å². The molecule has 4 aromatic heterocycles. The molecule has 6 N–H and O–H groups in total. The van der Waals surface area contributed by atoms with Crippen LogP contribution in [0.5, 0.6) is 11.5 Å². The second-order valence-electron chi connectivity index (χ2n) is 16.9. The second-order valence-corrected chi connectivity index (χ2v) is 17.3. The minimum absolute atomic E-state index is 0.519. The number of fused-ring (bicyclic) bond motifs is 2. The lowest BCUT2D eigenvalue weighted by atomic mass is 10.1. The molecule has 0 spiro atoms. The summed E-state index contributed by atoms with van der Waals surface area (Å²) in [6.07, 6.45) is 12.7. The number of anilines is 8. The lowest BCUT2D eigenvalue weighted by Crippen LogP contribution is -2.25. The fourth-order valence-electron chi connectivity index (χ4n) is 8.28. The van der Waals surface area contributed by atoms with Gasteiger partial charge in [-0.15, -0.1) is 0 Å². The Bertz CT molecular complexity index is 2660. The van der Waals surface area contributed by atoms with E-state index in [9.17, 15) is 0 Å². The van der Waals surface area contributed by atoms with Crippen LogP contribution in [-0.2, 0) is 0 Å². The van der Waals surface area contributed by atoms with Gasteiger partial charge in [-0.25, -0.2) is 9.97 Å². The van der Waals surface area contributed by atoms with Crippen LogP contribution in [0.15, 0.2) is 110 Å². The molecule has 0 atom stereocenters. The Kier molecular flexibility index (Phi) is 14.1. The summed E-state index contributed by atoms with van der Waals surface area (Å²) < 4.78 is 11.8. The van der Waals surface area contributed by atoms with Crippen LogP contribution < -0.4 is 30.7 Å². The number of nitrogens with one attached hydrogen (secondary N) is 6. The summed E-state index contributed by atoms with van der Waals surface area (Å²) in [7, 11) is 0. The molecule has 4 aromatic carbocycles. The molecule has 10 rings (SSSR count). The van der Waals surface area contributed by atoms with Crippen molar-refractivity contribution in [1.82, 2.24) is 39.7 Å². The van der Waals surface area contributed by atoms with Crippen molar-refractivity contribution in [3.8, 4) is 11.5 Å². The minimum atomic E-state index is 0.519. The number of benzene rings is 4. The van der Waals surface area contributed by atoms with E-state index in [1.807, 2.05) is 99.2 Å². The van der Waals surface area contributed by atoms with E-state index in [4.69, 9.17) is 26.1 Å². The fourth-order valence-corrected chi connectivity index (χ4v) is 8.50. The third kappa shape index (κ3) is 11.1. The third-order valence-electron chi connectivity index (χ3n) is 12.0. The Labute approximate surface area is 390 Å². The molecular formula is C51H57ClN12O2. The molecule has 0 amide bonds. The van der Waals surface area contributed by atoms with Crippen molar-refractivity contribution in [1.29, 1.82) is 0 Å². The fraction of sp³-hybridized carbons (Fsp3) is 0.294. The van der Waals surface area contributed by atoms with E-state index < -0.39 is 0 Å². The van der Waals surface area contributed by atoms with Crippen LogP contribution in [0.25, 0.3) is 21.8 Å². The van der Waals surface area contributed by atoms with E-state index in [1.165, 1.54) is 57.4 Å². The van der Waals surface area contributed by atoms with Crippen LogP contribution >= 0.6 is 11.6 Å². The number of hydrogen-bond acceptors (Lipinski definition) is 12. The molecule has 15 heteroatoms. The molecule has 2 aliphatic rings. The van der Waals surface area contributed by atoms with Gasteiger partial charge in [0.1, 0.15) is 36.3 Å². The highest BCUT2D eigenvalue weighted by Crippen LogP contribution is 2.32. The van der Waals surface area contributed by atoms with Gasteiger partial charge in [0.2, 0.25) is 11.9 Å². The number of aromatic amines is 2. The van der Waals surface area contributed by atoms with Crippen molar-refractivity contribution in [3.05, 3.63) is 131 Å². The summed E-state index contributed by atoms with van der Waals surface area (Å²) >= 11 is 6.28. The molecule has 2 fully saturated rings. The van der Waals surface area contributed by atoms with Crippen LogP contribution in [0.2, 0.25) is 5.02 Å². The number of aryl methyl sites for hydroxylation is 3. The van der Waals surface area contributed by atoms with Gasteiger partial charge in [-0.2, -0.15) is 9.97 Å². The van der Waals surface area contributed by atoms with Gasteiger partial charge < -0.3 is 40.7 Å². The molecule has 2 aliphatic heterocycles. The minimum Gasteiger partial charge on any atom is -0.492 e. The van der Waals surface area contributed by atoms with E-state index in [0.717, 1.165) is 98.5 Å². The maximum atomic E-state index is 6.28. The quantitative estimate of drug-likeness (QED) is 0.0546. The highest BCUT2D eigenvalue weighted by Gasteiger charge is 2.14. The predicted molar refractivity (Wildman–Crippen MR) is 268 cm³/mol. The number of H-pyrrole nitrogens is 2.